The molecule has 0 amide bonds. The highest BCUT2D eigenvalue weighted by molar-refractivity contribution is 6.12. The summed E-state index contributed by atoms with van der Waals surface area (Å²) in [6.07, 6.45) is 3.18. The van der Waals surface area contributed by atoms with Crippen LogP contribution in [-0.4, -0.2) is 18.3 Å². The molecule has 92 heavy (non-hydrogen) atoms. The number of nitrogens with zero attached hydrogens (tertiary/aromatic N) is 4. The van der Waals surface area contributed by atoms with Crippen molar-refractivity contribution in [3.05, 3.63) is 372 Å². The Morgan fingerprint density at radius 1 is 0.152 bits per heavy atom. The molecule has 4 aromatic heterocycles. The van der Waals surface area contributed by atoms with Crippen molar-refractivity contribution >= 4 is 87.2 Å². The van der Waals surface area contributed by atoms with E-state index >= 15 is 0 Å². The van der Waals surface area contributed by atoms with E-state index in [-0.39, 0.29) is 0 Å². The molecule has 0 fully saturated rings. The van der Waals surface area contributed by atoms with Crippen molar-refractivity contribution in [1.29, 1.82) is 0 Å². The minimum Gasteiger partial charge on any atom is -0.309 e. The Morgan fingerprint density at radius 3 is 0.489 bits per heavy atom. The van der Waals surface area contributed by atoms with Gasteiger partial charge in [0.1, 0.15) is 0 Å². The summed E-state index contributed by atoms with van der Waals surface area (Å²) in [7, 11) is 0. The van der Waals surface area contributed by atoms with Gasteiger partial charge >= 0.3 is 0 Å². The van der Waals surface area contributed by atoms with Crippen molar-refractivity contribution in [2.45, 2.75) is 25.7 Å². The highest BCUT2D eigenvalue weighted by atomic mass is 15.0. The van der Waals surface area contributed by atoms with Crippen molar-refractivity contribution in [3.8, 4) is 33.9 Å². The van der Waals surface area contributed by atoms with Crippen LogP contribution < -0.4 is 0 Å². The summed E-state index contributed by atoms with van der Waals surface area (Å²) in [6.45, 7) is 0. The molecule has 0 aliphatic carbocycles. The second-order valence-electron chi connectivity index (χ2n) is 24.9. The lowest BCUT2D eigenvalue weighted by Crippen LogP contribution is -1.99. The van der Waals surface area contributed by atoms with Gasteiger partial charge in [-0.2, -0.15) is 0 Å². The molecule has 4 nitrogen and oxygen atoms in total. The first-order chi connectivity index (χ1) is 45.6. The summed E-state index contributed by atoms with van der Waals surface area (Å²) in [5, 5.41) is 10.2. The molecule has 18 rings (SSSR count). The van der Waals surface area contributed by atoms with E-state index in [1.165, 1.54) is 143 Å². The average molecular weight is 1180 g/mol. The molecule has 0 N–H and O–H groups in total. The third-order valence-electron chi connectivity index (χ3n) is 19.2. The number of aromatic nitrogens is 4. The maximum Gasteiger partial charge on any atom is 0.0541 e. The number of benzene rings is 14. The van der Waals surface area contributed by atoms with E-state index in [4.69, 9.17) is 0 Å². The molecule has 434 valence electrons. The summed E-state index contributed by atoms with van der Waals surface area (Å²) in [5.74, 6) is 0. The van der Waals surface area contributed by atoms with Crippen LogP contribution in [0.4, 0.5) is 0 Å². The molecule has 0 spiro atoms. The minimum absolute atomic E-state index is 0.796. The SMILES string of the molecule is c1ccc2c(c1)c1ccccc1n2-c1ccc(Cc2cc(Cc3ccc(-n4c5ccccc5c5ccccc54)cc3)cc(-c3cc(Cc4ccc(-n5c6ccccc6c6ccccc65)cc4)cc(Cc4ccc(-n5c6ccccc6c6ccccc65)cc4)c3)c2)cc1. The standard InChI is InChI=1S/C88H62N4/c1-9-25-81-73(17-1)74-18-2-10-26-82(74)89(81)69-41-33-59(34-42-69)49-63-53-64(50-60-35-43-70(44-36-60)90-83-27-11-3-19-75(83)76-20-4-12-28-84(76)90)56-67(55-63)68-57-65(51-61-37-45-71(46-38-61)91-85-29-13-5-21-77(85)78-22-6-14-30-86(78)91)54-66(58-68)52-62-39-47-72(48-40-62)92-87-31-15-7-23-79(87)80-24-8-16-32-88(80)92/h1-48,53-58H,49-52H2. The Bertz CT molecular complexity index is 4920. The molecule has 0 atom stereocenters. The van der Waals surface area contributed by atoms with Crippen molar-refractivity contribution in [1.82, 2.24) is 18.3 Å². The molecule has 0 saturated carbocycles. The van der Waals surface area contributed by atoms with Gasteiger partial charge in [0.2, 0.25) is 0 Å². The fourth-order valence-electron chi connectivity index (χ4n) is 15.1. The van der Waals surface area contributed by atoms with Crippen LogP contribution >= 0.6 is 0 Å². The molecule has 4 heteroatoms. The molecular formula is C88H62N4. The van der Waals surface area contributed by atoms with Gasteiger partial charge < -0.3 is 18.3 Å². The first-order valence-electron chi connectivity index (χ1n) is 32.1. The highest BCUT2D eigenvalue weighted by Crippen LogP contribution is 2.38. The van der Waals surface area contributed by atoms with Gasteiger partial charge in [0.25, 0.3) is 0 Å². The highest BCUT2D eigenvalue weighted by Gasteiger charge is 2.18. The zero-order valence-electron chi connectivity index (χ0n) is 50.8. The van der Waals surface area contributed by atoms with Crippen LogP contribution in [0, 0.1) is 0 Å². The lowest BCUT2D eigenvalue weighted by atomic mass is 9.90. The first kappa shape index (κ1) is 53.3. The van der Waals surface area contributed by atoms with Gasteiger partial charge in [-0.1, -0.05) is 231 Å². The lowest BCUT2D eigenvalue weighted by molar-refractivity contribution is 1.11. The molecule has 18 aromatic rings. The normalized spacial score (nSPS) is 11.9. The topological polar surface area (TPSA) is 19.7 Å². The van der Waals surface area contributed by atoms with Crippen molar-refractivity contribution in [2.75, 3.05) is 0 Å². The smallest absolute Gasteiger partial charge is 0.0541 e. The van der Waals surface area contributed by atoms with Crippen LogP contribution in [0.15, 0.2) is 328 Å². The predicted molar refractivity (Wildman–Crippen MR) is 386 cm³/mol. The fraction of sp³-hybridized carbons (Fsp3) is 0.0455. The molecule has 0 aliphatic heterocycles. The molecule has 0 unspecified atom stereocenters. The Balaban J connectivity index is 0.731. The average Bonchev–Trinajstić information content (AvgIpc) is 1.73. The zero-order chi connectivity index (χ0) is 60.6. The van der Waals surface area contributed by atoms with Gasteiger partial charge in [0, 0.05) is 65.8 Å². The monoisotopic (exact) mass is 1170 g/mol. The van der Waals surface area contributed by atoms with Crippen LogP contribution in [0.1, 0.15) is 44.5 Å². The lowest BCUT2D eigenvalue weighted by Gasteiger charge is -2.15. The van der Waals surface area contributed by atoms with Gasteiger partial charge in [-0.15, -0.1) is 0 Å². The quantitative estimate of drug-likeness (QED) is 0.110. The summed E-state index contributed by atoms with van der Waals surface area (Å²) >= 11 is 0. The zero-order valence-corrected chi connectivity index (χ0v) is 50.8. The Morgan fingerprint density at radius 2 is 0.315 bits per heavy atom. The fourth-order valence-corrected chi connectivity index (χ4v) is 15.1. The van der Waals surface area contributed by atoms with Crippen LogP contribution in [-0.2, 0) is 25.7 Å². The maximum absolute atomic E-state index is 2.46. The second kappa shape index (κ2) is 22.1. The van der Waals surface area contributed by atoms with E-state index < -0.39 is 0 Å². The van der Waals surface area contributed by atoms with Gasteiger partial charge in [0.15, 0.2) is 0 Å². The molecule has 4 heterocycles. The largest absolute Gasteiger partial charge is 0.309 e. The summed E-state index contributed by atoms with van der Waals surface area (Å²) < 4.78 is 9.63. The van der Waals surface area contributed by atoms with Gasteiger partial charge in [0.05, 0.1) is 44.1 Å². The summed E-state index contributed by atoms with van der Waals surface area (Å²) in [4.78, 5) is 0. The van der Waals surface area contributed by atoms with E-state index in [0.717, 1.165) is 48.4 Å². The van der Waals surface area contributed by atoms with Gasteiger partial charge in [-0.05, 0) is 178 Å². The number of hydrogen-bond acceptors (Lipinski definition) is 0. The second-order valence-corrected chi connectivity index (χ2v) is 24.9. The molecule has 0 aliphatic rings. The van der Waals surface area contributed by atoms with Gasteiger partial charge in [-0.3, -0.25) is 0 Å². The Kier molecular flexibility index (Phi) is 12.8. The number of fused-ring (bicyclic) bond motifs is 12. The Labute approximate surface area is 534 Å². The van der Waals surface area contributed by atoms with E-state index in [1.807, 2.05) is 0 Å². The maximum atomic E-state index is 2.46. The number of hydrogen-bond donors (Lipinski definition) is 0. The van der Waals surface area contributed by atoms with E-state index in [2.05, 4.69) is 346 Å². The third-order valence-corrected chi connectivity index (χ3v) is 19.2. The molecule has 0 saturated heterocycles. The third kappa shape index (κ3) is 9.29. The summed E-state index contributed by atoms with van der Waals surface area (Å²) in [6, 6.07) is 122. The Hall–Kier alpha value is -11.7. The van der Waals surface area contributed by atoms with E-state index in [9.17, 15) is 0 Å². The molecule has 14 aromatic carbocycles. The minimum atomic E-state index is 0.796. The van der Waals surface area contributed by atoms with Crippen molar-refractivity contribution < 1.29 is 0 Å². The van der Waals surface area contributed by atoms with Crippen molar-refractivity contribution in [2.24, 2.45) is 0 Å². The predicted octanol–water partition coefficient (Wildman–Crippen LogP) is 22.1. The number of rotatable bonds is 13. The van der Waals surface area contributed by atoms with E-state index in [0.29, 0.717) is 0 Å². The van der Waals surface area contributed by atoms with Crippen LogP contribution in [0.2, 0.25) is 0 Å². The first-order valence-corrected chi connectivity index (χ1v) is 32.1. The molecular weight excluding hydrogens is 1110 g/mol. The van der Waals surface area contributed by atoms with E-state index in [1.54, 1.807) is 0 Å². The summed E-state index contributed by atoms with van der Waals surface area (Å²) in [5.41, 5.74) is 27.1. The van der Waals surface area contributed by atoms with Crippen LogP contribution in [0.25, 0.3) is 121 Å². The number of para-hydroxylation sites is 8. The molecule has 0 radical (unpaired) electrons. The van der Waals surface area contributed by atoms with Crippen molar-refractivity contribution in [3.63, 3.8) is 0 Å². The molecule has 0 bridgehead atoms. The van der Waals surface area contributed by atoms with Gasteiger partial charge in [-0.25, -0.2) is 0 Å². The van der Waals surface area contributed by atoms with Crippen LogP contribution in [0.5, 0.6) is 0 Å². The van der Waals surface area contributed by atoms with Crippen LogP contribution in [0.3, 0.4) is 0 Å².